The molecule has 22 heavy (non-hydrogen) atoms. The molecule has 122 valence electrons. The minimum absolute atomic E-state index is 0.386. The van der Waals surface area contributed by atoms with Gasteiger partial charge in [0.25, 0.3) is 0 Å². The number of ether oxygens (including phenoxy) is 2. The molecule has 0 fully saturated rings. The quantitative estimate of drug-likeness (QED) is 0.236. The van der Waals surface area contributed by atoms with Crippen molar-refractivity contribution in [3.8, 4) is 0 Å². The predicted octanol–water partition coefficient (Wildman–Crippen LogP) is 4.03. The Kier molecular flexibility index (Phi) is 11.4. The second-order valence-corrected chi connectivity index (χ2v) is 10.8. The van der Waals surface area contributed by atoms with Crippen LogP contribution >= 0.6 is 37.0 Å². The molecule has 1 aromatic rings. The Hall–Kier alpha value is 0.0700. The Morgan fingerprint density at radius 1 is 1.14 bits per heavy atom. The maximum absolute atomic E-state index is 5.63. The van der Waals surface area contributed by atoms with Crippen molar-refractivity contribution in [3.63, 3.8) is 0 Å². The first-order valence-corrected chi connectivity index (χ1v) is 13.0. The van der Waals surface area contributed by atoms with Gasteiger partial charge in [0.15, 0.2) is 6.73 Å². The average Bonchev–Trinajstić information content (AvgIpc) is 2.49. The molecule has 0 aliphatic carbocycles. The highest BCUT2D eigenvalue weighted by atomic mass is 33.1. The third-order valence-corrected chi connectivity index (χ3v) is 8.33. The van der Waals surface area contributed by atoms with Crippen LogP contribution in [0, 0.1) is 0 Å². The van der Waals surface area contributed by atoms with Crippen LogP contribution in [0.15, 0.2) is 29.4 Å². The average molecular weight is 378 g/mol. The Balaban J connectivity index is 1.95. The Bertz CT molecular complexity index is 449. The van der Waals surface area contributed by atoms with Gasteiger partial charge in [0.2, 0.25) is 15.4 Å². The number of pyridine rings is 1. The number of hydrogen-bond donors (Lipinski definition) is 0. The van der Waals surface area contributed by atoms with E-state index in [4.69, 9.17) is 9.47 Å². The largest absolute Gasteiger partial charge is 0.378 e. The lowest BCUT2D eigenvalue weighted by atomic mass is 10.5. The molecule has 0 saturated heterocycles. The highest BCUT2D eigenvalue weighted by Crippen LogP contribution is 2.36. The molecular formula is C14H24N2O2P2S2+2. The molecule has 8 heteroatoms. The molecule has 0 bridgehead atoms. The molecule has 0 spiro atoms. The van der Waals surface area contributed by atoms with E-state index in [9.17, 15) is 0 Å². The molecule has 2 unspecified atom stereocenters. The van der Waals surface area contributed by atoms with E-state index >= 15 is 0 Å². The summed E-state index contributed by atoms with van der Waals surface area (Å²) in [5.41, 5.74) is 0. The van der Waals surface area contributed by atoms with E-state index < -0.39 is 0 Å². The zero-order chi connectivity index (χ0) is 16.2. The fraction of sp³-hybridized carbons (Fsp3) is 0.500. The number of rotatable bonds is 12. The summed E-state index contributed by atoms with van der Waals surface area (Å²) in [6.45, 7) is 6.81. The van der Waals surface area contributed by atoms with Gasteiger partial charge in [0.05, 0.1) is 36.9 Å². The van der Waals surface area contributed by atoms with Crippen molar-refractivity contribution in [1.29, 1.82) is 0 Å². The van der Waals surface area contributed by atoms with Crippen LogP contribution in [-0.4, -0.2) is 67.7 Å². The molecule has 1 rings (SSSR count). The zero-order valence-corrected chi connectivity index (χ0v) is 16.6. The van der Waals surface area contributed by atoms with Crippen LogP contribution in [0.3, 0.4) is 0 Å². The van der Waals surface area contributed by atoms with Crippen molar-refractivity contribution in [3.05, 3.63) is 24.4 Å². The van der Waals surface area contributed by atoms with Crippen LogP contribution in [0.1, 0.15) is 0 Å². The van der Waals surface area contributed by atoms with Crippen molar-refractivity contribution < 1.29 is 9.47 Å². The number of aromatic nitrogens is 1. The van der Waals surface area contributed by atoms with E-state index in [0.717, 1.165) is 17.4 Å². The van der Waals surface area contributed by atoms with Gasteiger partial charge in [0.1, 0.15) is 18.4 Å². The summed E-state index contributed by atoms with van der Waals surface area (Å²) in [6.07, 6.45) is 9.97. The summed E-state index contributed by atoms with van der Waals surface area (Å²) in [7, 11) is 2.66. The monoisotopic (exact) mass is 378 g/mol. The maximum atomic E-state index is 5.63. The van der Waals surface area contributed by atoms with Gasteiger partial charge in [0, 0.05) is 11.9 Å². The van der Waals surface area contributed by atoms with Gasteiger partial charge in [-0.15, -0.1) is 0 Å². The molecule has 0 aromatic carbocycles. The minimum atomic E-state index is -0.386. The summed E-state index contributed by atoms with van der Waals surface area (Å²) in [4.78, 5) is 4.25. The molecule has 1 aromatic heterocycles. The van der Waals surface area contributed by atoms with Crippen molar-refractivity contribution in [2.75, 3.05) is 45.6 Å². The van der Waals surface area contributed by atoms with Crippen LogP contribution in [0.5, 0.6) is 0 Å². The third kappa shape index (κ3) is 9.26. The van der Waals surface area contributed by atoms with E-state index in [2.05, 4.69) is 35.4 Å². The zero-order valence-electron chi connectivity index (χ0n) is 13.2. The topological polar surface area (TPSA) is 34.6 Å². The fourth-order valence-corrected chi connectivity index (χ4v) is 5.80. The van der Waals surface area contributed by atoms with Gasteiger partial charge < -0.3 is 9.47 Å². The number of nitrogens with zero attached hydrogens (tertiary/aromatic N) is 2. The fourth-order valence-electron chi connectivity index (χ4n) is 1.42. The second-order valence-electron chi connectivity index (χ2n) is 4.41. The van der Waals surface area contributed by atoms with Crippen LogP contribution in [-0.2, 0) is 9.47 Å². The predicted molar refractivity (Wildman–Crippen MR) is 106 cm³/mol. The Morgan fingerprint density at radius 2 is 1.86 bits per heavy atom. The van der Waals surface area contributed by atoms with Crippen LogP contribution < -0.4 is 0 Å². The lowest BCUT2D eigenvalue weighted by Crippen LogP contribution is -2.14. The van der Waals surface area contributed by atoms with Gasteiger partial charge in [-0.3, -0.25) is 0 Å². The summed E-state index contributed by atoms with van der Waals surface area (Å²) in [5, 5.41) is 1.03. The maximum Gasteiger partial charge on any atom is 0.221 e. The minimum Gasteiger partial charge on any atom is -0.378 e. The molecule has 0 aliphatic rings. The SMILES string of the molecule is C=[P+](C)N(COCCOCCSSc1ccccn1)[P+](=C)C. The summed E-state index contributed by atoms with van der Waals surface area (Å²) in [6, 6.07) is 5.93. The molecule has 2 atom stereocenters. The molecule has 0 aliphatic heterocycles. The molecule has 4 nitrogen and oxygen atoms in total. The summed E-state index contributed by atoms with van der Waals surface area (Å²) in [5.74, 6) is 0.936. The van der Waals surface area contributed by atoms with Crippen LogP contribution in [0.25, 0.3) is 0 Å². The van der Waals surface area contributed by atoms with Crippen molar-refractivity contribution in [1.82, 2.24) is 9.42 Å². The van der Waals surface area contributed by atoms with Gasteiger partial charge in [-0.2, -0.15) is 0 Å². The standard InChI is InChI=1S/C14H24N2O2P2S2/c1-19(2)16(20(3)4)13-18-10-9-17-11-12-21-22-14-7-5-6-8-15-14/h5-8H,1,3,9-13H2,2,4H3/q+2. The molecule has 0 N–H and O–H groups in total. The van der Waals surface area contributed by atoms with Crippen molar-refractivity contribution >= 4 is 49.6 Å². The number of hydrogen-bond acceptors (Lipinski definition) is 6. The van der Waals surface area contributed by atoms with E-state index in [1.54, 1.807) is 21.6 Å². The van der Waals surface area contributed by atoms with Crippen molar-refractivity contribution in [2.24, 2.45) is 0 Å². The Labute approximate surface area is 143 Å². The first-order valence-electron chi connectivity index (χ1n) is 6.83. The lowest BCUT2D eigenvalue weighted by molar-refractivity contribution is 0.0396. The van der Waals surface area contributed by atoms with E-state index in [0.29, 0.717) is 19.9 Å². The normalized spacial score (nSPS) is 12.5. The van der Waals surface area contributed by atoms with Crippen LogP contribution in [0.2, 0.25) is 0 Å². The molecule has 1 heterocycles. The first kappa shape index (κ1) is 20.1. The smallest absolute Gasteiger partial charge is 0.221 e. The lowest BCUT2D eigenvalue weighted by Gasteiger charge is -2.07. The molecule has 0 saturated carbocycles. The van der Waals surface area contributed by atoms with Gasteiger partial charge >= 0.3 is 0 Å². The van der Waals surface area contributed by atoms with Gasteiger partial charge in [-0.1, -0.05) is 16.9 Å². The highest BCUT2D eigenvalue weighted by molar-refractivity contribution is 8.76. The van der Waals surface area contributed by atoms with E-state index in [1.807, 2.05) is 24.4 Å². The first-order chi connectivity index (χ1) is 10.6. The summed E-state index contributed by atoms with van der Waals surface area (Å²) < 4.78 is 13.4. The van der Waals surface area contributed by atoms with Gasteiger partial charge in [-0.05, 0) is 22.9 Å². The Morgan fingerprint density at radius 3 is 2.50 bits per heavy atom. The second kappa shape index (κ2) is 12.5. The highest BCUT2D eigenvalue weighted by Gasteiger charge is 2.24. The molecular weight excluding hydrogens is 354 g/mol. The molecule has 0 amide bonds. The summed E-state index contributed by atoms with van der Waals surface area (Å²) >= 11 is 0. The van der Waals surface area contributed by atoms with Gasteiger partial charge in [-0.25, -0.2) is 4.98 Å². The van der Waals surface area contributed by atoms with E-state index in [-0.39, 0.29) is 15.4 Å². The molecule has 0 radical (unpaired) electrons. The van der Waals surface area contributed by atoms with Crippen LogP contribution in [0.4, 0.5) is 0 Å². The van der Waals surface area contributed by atoms with E-state index in [1.165, 1.54) is 0 Å². The third-order valence-electron chi connectivity index (χ3n) is 2.46. The van der Waals surface area contributed by atoms with Crippen molar-refractivity contribution in [2.45, 2.75) is 5.03 Å².